The van der Waals surface area contributed by atoms with Crippen LogP contribution < -0.4 is 0 Å². The minimum Gasteiger partial charge on any atom is -0.300 e. The van der Waals surface area contributed by atoms with Crippen LogP contribution in [0.15, 0.2) is 0 Å². The number of carbonyl (C=O) groups excluding carboxylic acids is 20. The van der Waals surface area contributed by atoms with Gasteiger partial charge in [-0.25, -0.2) is 0 Å². The van der Waals surface area contributed by atoms with E-state index in [0.29, 0.717) is 38.5 Å². The number of Topliss-reactive ketones (excluding diaryl/α,β-unsaturated/α-hetero) is 20. The van der Waals surface area contributed by atoms with Gasteiger partial charge in [-0.3, -0.25) is 95.9 Å². The van der Waals surface area contributed by atoms with Crippen molar-refractivity contribution in [1.82, 2.24) is 0 Å². The second kappa shape index (κ2) is 71.6. The Bertz CT molecular complexity index is 3870. The Morgan fingerprint density at radius 3 is 0.524 bits per heavy atom. The van der Waals surface area contributed by atoms with E-state index in [-0.39, 0.29) is 80.7 Å². The smallest absolute Gasteiger partial charge is 0.300 e. The summed E-state index contributed by atoms with van der Waals surface area (Å²) in [5, 5.41) is 0. The van der Waals surface area contributed by atoms with Crippen LogP contribution in [0.4, 0.5) is 145 Å². The lowest BCUT2D eigenvalue weighted by Gasteiger charge is -2.24. The van der Waals surface area contributed by atoms with E-state index in [2.05, 4.69) is 0 Å². The van der Waals surface area contributed by atoms with Crippen molar-refractivity contribution in [3.8, 4) is 0 Å². The second-order valence-electron chi connectivity index (χ2n) is 33.4. The maximum atomic E-state index is 12.3. The van der Waals surface area contributed by atoms with Crippen molar-refractivity contribution in [2.24, 2.45) is 64.6 Å². The lowest BCUT2D eigenvalue weighted by molar-refractivity contribution is -0.172. The Kier molecular flexibility index (Phi) is 77.2. The van der Waals surface area contributed by atoms with Crippen LogP contribution in [0.1, 0.15) is 319 Å². The van der Waals surface area contributed by atoms with Crippen molar-refractivity contribution in [2.75, 3.05) is 0 Å². The lowest BCUT2D eigenvalue weighted by atomic mass is 9.78. The molecule has 0 heterocycles. The number of hydrogen-bond donors (Lipinski definition) is 0. The van der Waals surface area contributed by atoms with E-state index in [1.54, 1.807) is 62.3 Å². The van der Waals surface area contributed by atoms with Crippen LogP contribution in [0.3, 0.4) is 0 Å². The molecule has 0 aliphatic carbocycles. The Morgan fingerprint density at radius 1 is 0.196 bits per heavy atom. The van der Waals surface area contributed by atoms with Gasteiger partial charge in [0.15, 0.2) is 0 Å². The highest BCUT2D eigenvalue weighted by molar-refractivity contribution is 6.07. The number of carbonyl (C=O) groups is 20. The van der Waals surface area contributed by atoms with Crippen molar-refractivity contribution in [1.29, 1.82) is 0 Å². The molecule has 0 aromatic rings. The first-order valence-corrected chi connectivity index (χ1v) is 43.9. The second-order valence-corrected chi connectivity index (χ2v) is 33.4. The fourth-order valence-electron chi connectivity index (χ4n) is 10.6. The van der Waals surface area contributed by atoms with Gasteiger partial charge in [-0.15, -0.1) is 0 Å². The molecule has 0 saturated carbocycles. The Balaban J connectivity index is -0.000000173. The van der Waals surface area contributed by atoms with Crippen molar-refractivity contribution in [2.45, 2.75) is 387 Å². The van der Waals surface area contributed by atoms with Crippen molar-refractivity contribution < 1.29 is 241 Å². The standard InChI is InChI=1S/C13H18F6O2.C13H21F3O2.C11H17F3O2.C10H15F3O2.2C9H13F3O2.C8H11F3O2.C7H9F3O2.2C5H5F3O2/c1-3-8(6-12(14,15)16)10(20)5-11(21)9(4-2)7-13(17,18)19;1-4-9(5-2)11(17)7-12(18)10(6-3)8-13(14,15)16;1-4-8(6-11(12,13)14)10(16)5-9(15)7(2)3;1-4-9(3,5-2)7(14)6-8(15)10(11,12)13;1-3-7(5-9(10,11)12)8(14)4-6(2)13;1-3-6(4-2)7(13)5-8(14)9(10,11)12;1-5(2)3-6(12)4-7(13)8(9,10)11;1-4(2)5(11)3-6(12)7(8,9)10;2*1-3(9)2-4(10)5(6,7)8/h8-9H,3-7H2,1-2H3;9-10H,4-8H2,1-3H3;7-8H,4-6H2,1-3H3;4-6H2,1-3H3;7H,3-5H2,1-2H3;6H,3-5H2,1-2H3;5H,3-4H2,1-2H3;4H,3H2,1-2H3;2*2H2,1H3. The summed E-state index contributed by atoms with van der Waals surface area (Å²) in [5.41, 5.74) is -0.819. The first kappa shape index (κ1) is 154. The van der Waals surface area contributed by atoms with Crippen LogP contribution in [-0.4, -0.2) is 184 Å². The fraction of sp³-hybridized carbons (Fsp3) is 0.778. The van der Waals surface area contributed by atoms with Gasteiger partial charge < -0.3 is 0 Å². The summed E-state index contributed by atoms with van der Waals surface area (Å²) in [5.74, 6) is -28.0. The summed E-state index contributed by atoms with van der Waals surface area (Å²) in [6, 6.07) is 0. The van der Waals surface area contributed by atoms with E-state index >= 15 is 0 Å². The largest absolute Gasteiger partial charge is 0.450 e. The molecule has 0 aromatic carbocycles. The zero-order chi connectivity index (χ0) is 116. The molecular weight excluding hydrogens is 2030 g/mol. The van der Waals surface area contributed by atoms with Gasteiger partial charge in [-0.05, 0) is 97.3 Å². The average Bonchev–Trinajstić information content (AvgIpc) is 0.840. The summed E-state index contributed by atoms with van der Waals surface area (Å²) in [7, 11) is 0. The molecule has 5 unspecified atom stereocenters. The molecule has 838 valence electrons. The molecule has 0 rings (SSSR count). The van der Waals surface area contributed by atoms with Crippen LogP contribution in [0.5, 0.6) is 0 Å². The maximum Gasteiger partial charge on any atom is 0.450 e. The van der Waals surface area contributed by atoms with Crippen LogP contribution in [0.2, 0.25) is 0 Å². The zero-order valence-corrected chi connectivity index (χ0v) is 82.5. The number of rotatable bonds is 48. The molecule has 0 aromatic heterocycles. The molecule has 0 N–H and O–H groups in total. The van der Waals surface area contributed by atoms with Gasteiger partial charge in [0.25, 0.3) is 0 Å². The molecule has 5 atom stereocenters. The van der Waals surface area contributed by atoms with Crippen LogP contribution in [-0.2, 0) is 95.9 Å². The third kappa shape index (κ3) is 87.1. The minimum absolute atomic E-state index is 0.0157. The van der Waals surface area contributed by atoms with E-state index in [0.717, 1.165) is 13.8 Å². The molecule has 0 radical (unpaired) electrons. The topological polar surface area (TPSA) is 341 Å². The predicted molar refractivity (Wildman–Crippen MR) is 448 cm³/mol. The highest BCUT2D eigenvalue weighted by Crippen LogP contribution is 2.36. The molecule has 0 amide bonds. The third-order valence-electron chi connectivity index (χ3n) is 19.7. The van der Waals surface area contributed by atoms with Crippen molar-refractivity contribution in [3.63, 3.8) is 0 Å². The fourth-order valence-corrected chi connectivity index (χ4v) is 10.6. The first-order chi connectivity index (χ1) is 63.7. The SMILES string of the molecule is CC(=O)CC(=O)C(F)(F)F.CC(=O)CC(=O)C(F)(F)F.CC(C)C(=O)CC(=O)C(F)(F)F.CC(C)CC(=O)CC(=O)C(F)(F)F.CCC(C)(CC)C(=O)CC(=O)C(F)(F)F.CCC(CC(F)(F)F)C(=O)CC(=O)C(C)C.CCC(CC(F)(F)F)C(=O)CC(=O)C(CC)CC(F)(F)F.CCC(CC(F)(F)F)C(=O)CC(C)=O.CCC(CC)C(=O)CC(=O)C(CC)CC(F)(F)F.CCC(CC)C(=O)CC(=O)C(F)(F)F. The van der Waals surface area contributed by atoms with E-state index in [1.165, 1.54) is 55.4 Å². The maximum absolute atomic E-state index is 12.3. The highest BCUT2D eigenvalue weighted by Gasteiger charge is 2.47. The number of alkyl halides is 33. The molecule has 143 heavy (non-hydrogen) atoms. The number of ketones is 20. The molecule has 53 heteroatoms. The first-order valence-electron chi connectivity index (χ1n) is 43.9. The monoisotopic (exact) mass is 2150 g/mol. The molecular formula is C90H127F33O20. The molecule has 0 bridgehead atoms. The van der Waals surface area contributed by atoms with Gasteiger partial charge in [0.2, 0.25) is 34.7 Å². The quantitative estimate of drug-likeness (QED) is 0.0403. The molecule has 0 aliphatic heterocycles. The summed E-state index contributed by atoms with van der Waals surface area (Å²) in [6.45, 7) is 32.0. The van der Waals surface area contributed by atoms with Crippen LogP contribution in [0.25, 0.3) is 0 Å². The van der Waals surface area contributed by atoms with Gasteiger partial charge in [-0.2, -0.15) is 145 Å². The third-order valence-corrected chi connectivity index (χ3v) is 19.7. The summed E-state index contributed by atoms with van der Waals surface area (Å²) in [4.78, 5) is 217. The van der Waals surface area contributed by atoms with Crippen LogP contribution >= 0.6 is 0 Å². The number of hydrogen-bond acceptors (Lipinski definition) is 20. The van der Waals surface area contributed by atoms with Gasteiger partial charge >= 0.3 is 67.9 Å². The Hall–Kier alpha value is -8.91. The van der Waals surface area contributed by atoms with E-state index < -0.39 is 302 Å². The Morgan fingerprint density at radius 2 is 0.357 bits per heavy atom. The van der Waals surface area contributed by atoms with E-state index in [1.807, 2.05) is 13.8 Å². The Labute approximate surface area is 805 Å². The normalized spacial score (nSPS) is 13.1. The summed E-state index contributed by atoms with van der Waals surface area (Å²) in [6.07, 6.45) is -62.6. The summed E-state index contributed by atoms with van der Waals surface area (Å²) < 4.78 is 391. The average molecular weight is 2160 g/mol. The van der Waals surface area contributed by atoms with Gasteiger partial charge in [0, 0.05) is 65.1 Å². The molecule has 0 fully saturated rings. The summed E-state index contributed by atoms with van der Waals surface area (Å²) >= 11 is 0. The molecule has 0 spiro atoms. The van der Waals surface area contributed by atoms with Crippen molar-refractivity contribution >= 4 is 116 Å². The molecule has 0 aliphatic rings. The number of halogens is 33. The predicted octanol–water partition coefficient (Wildman–Crippen LogP) is 25.5. The van der Waals surface area contributed by atoms with E-state index in [4.69, 9.17) is 0 Å². The van der Waals surface area contributed by atoms with E-state index in [9.17, 15) is 241 Å². The minimum atomic E-state index is -4.90. The van der Waals surface area contributed by atoms with Crippen LogP contribution in [0, 0.1) is 64.6 Å². The van der Waals surface area contributed by atoms with Gasteiger partial charge in [-0.1, -0.05) is 125 Å². The van der Waals surface area contributed by atoms with Gasteiger partial charge in [0.1, 0.15) is 81.0 Å². The lowest BCUT2D eigenvalue weighted by Crippen LogP contribution is -2.33. The zero-order valence-electron chi connectivity index (χ0n) is 82.5. The highest BCUT2D eigenvalue weighted by atomic mass is 19.5. The van der Waals surface area contributed by atoms with Crippen molar-refractivity contribution in [3.05, 3.63) is 0 Å². The molecule has 0 saturated heterocycles. The van der Waals surface area contributed by atoms with Gasteiger partial charge in [0.05, 0.1) is 96.3 Å². The molecule has 20 nitrogen and oxygen atoms in total.